The number of furan rings is 1. The highest BCUT2D eigenvalue weighted by atomic mass is 16.3. The number of rotatable bonds is 5. The molecule has 0 unspecified atom stereocenters. The molecule has 0 aliphatic heterocycles. The van der Waals surface area contributed by atoms with Gasteiger partial charge in [-0.25, -0.2) is 9.97 Å². The summed E-state index contributed by atoms with van der Waals surface area (Å²) in [5.41, 5.74) is 1.80. The second-order valence-corrected chi connectivity index (χ2v) is 6.81. The first-order valence-corrected chi connectivity index (χ1v) is 8.23. The Hall–Kier alpha value is -2.90. The minimum atomic E-state index is -0.226. The van der Waals surface area contributed by atoms with Crippen LogP contribution in [0.5, 0.6) is 0 Å². The van der Waals surface area contributed by atoms with Crippen molar-refractivity contribution in [1.29, 1.82) is 0 Å². The lowest BCUT2D eigenvalue weighted by Gasteiger charge is -2.14. The molecule has 1 saturated carbocycles. The van der Waals surface area contributed by atoms with Crippen LogP contribution in [0.3, 0.4) is 0 Å². The van der Waals surface area contributed by atoms with Crippen molar-refractivity contribution in [3.05, 3.63) is 35.9 Å². The van der Waals surface area contributed by atoms with Gasteiger partial charge in [-0.15, -0.1) is 0 Å². The number of amides is 1. The van der Waals surface area contributed by atoms with Crippen LogP contribution >= 0.6 is 0 Å². The third-order valence-corrected chi connectivity index (χ3v) is 4.56. The summed E-state index contributed by atoms with van der Waals surface area (Å²) in [6, 6.07) is 0. The number of carbonyl (C=O) groups excluding carboxylic acids is 1. The Labute approximate surface area is 144 Å². The van der Waals surface area contributed by atoms with Gasteiger partial charge in [0.25, 0.3) is 5.91 Å². The normalized spacial score (nSPS) is 15.3. The molecule has 25 heavy (non-hydrogen) atoms. The largest absolute Gasteiger partial charge is 0.445 e. The van der Waals surface area contributed by atoms with Crippen molar-refractivity contribution < 1.29 is 9.21 Å². The molecule has 3 heterocycles. The maximum absolute atomic E-state index is 12.7. The number of fused-ring (bicyclic) bond motifs is 1. The van der Waals surface area contributed by atoms with Gasteiger partial charge >= 0.3 is 0 Å². The van der Waals surface area contributed by atoms with Crippen molar-refractivity contribution in [2.45, 2.75) is 38.8 Å². The summed E-state index contributed by atoms with van der Waals surface area (Å²) in [7, 11) is 1.89. The number of imidazole rings is 1. The minimum Gasteiger partial charge on any atom is -0.445 e. The Bertz CT molecular complexity index is 953. The Morgan fingerprint density at radius 2 is 2.20 bits per heavy atom. The first-order valence-electron chi connectivity index (χ1n) is 8.23. The number of aromatic nitrogens is 4. The fourth-order valence-electron chi connectivity index (χ4n) is 2.73. The summed E-state index contributed by atoms with van der Waals surface area (Å²) >= 11 is 0. The Morgan fingerprint density at radius 1 is 1.40 bits per heavy atom. The molecule has 4 rings (SSSR count). The van der Waals surface area contributed by atoms with Crippen molar-refractivity contribution in [2.24, 2.45) is 7.05 Å². The summed E-state index contributed by atoms with van der Waals surface area (Å²) in [4.78, 5) is 25.5. The smallest absolute Gasteiger partial charge is 0.255 e. The molecule has 1 aliphatic rings. The molecule has 0 bridgehead atoms. The van der Waals surface area contributed by atoms with E-state index in [1.54, 1.807) is 12.5 Å². The summed E-state index contributed by atoms with van der Waals surface area (Å²) in [6.45, 7) is 4.33. The monoisotopic (exact) mass is 340 g/mol. The standard InChI is InChI=1S/C17H20N6O2/c1-10-20-14(22-17(2)4-5-17)13-12(8-25-16(13)21-10)15(24)19-7-11-6-18-9-23(11)3/h6,8-9H,4-5,7H2,1-3H3,(H,19,24)(H,20,21,22). The average Bonchev–Trinajstić information content (AvgIpc) is 2.96. The van der Waals surface area contributed by atoms with Crippen LogP contribution in [0.4, 0.5) is 5.82 Å². The lowest BCUT2D eigenvalue weighted by Crippen LogP contribution is -2.24. The molecule has 8 heteroatoms. The highest BCUT2D eigenvalue weighted by Gasteiger charge is 2.38. The van der Waals surface area contributed by atoms with E-state index in [9.17, 15) is 4.79 Å². The first-order chi connectivity index (χ1) is 12.0. The fourth-order valence-corrected chi connectivity index (χ4v) is 2.73. The van der Waals surface area contributed by atoms with Gasteiger partial charge in [0.1, 0.15) is 17.9 Å². The molecule has 130 valence electrons. The van der Waals surface area contributed by atoms with Crippen LogP contribution in [0.2, 0.25) is 0 Å². The SMILES string of the molecule is Cc1nc(NC2(C)CC2)c2c(C(=O)NCc3cncn3C)coc2n1. The third kappa shape index (κ3) is 2.95. The molecule has 1 aliphatic carbocycles. The van der Waals surface area contributed by atoms with Gasteiger partial charge < -0.3 is 19.6 Å². The van der Waals surface area contributed by atoms with E-state index in [4.69, 9.17) is 4.42 Å². The van der Waals surface area contributed by atoms with Crippen molar-refractivity contribution in [2.75, 3.05) is 5.32 Å². The second-order valence-electron chi connectivity index (χ2n) is 6.81. The second kappa shape index (κ2) is 5.58. The summed E-state index contributed by atoms with van der Waals surface area (Å²) in [6.07, 6.45) is 7.03. The van der Waals surface area contributed by atoms with E-state index in [-0.39, 0.29) is 11.4 Å². The zero-order chi connectivity index (χ0) is 17.6. The van der Waals surface area contributed by atoms with Crippen molar-refractivity contribution in [3.63, 3.8) is 0 Å². The van der Waals surface area contributed by atoms with Gasteiger partial charge in [-0.05, 0) is 26.7 Å². The Balaban J connectivity index is 1.64. The predicted octanol–water partition coefficient (Wildman–Crippen LogP) is 2.16. The van der Waals surface area contributed by atoms with E-state index in [1.165, 1.54) is 6.26 Å². The van der Waals surface area contributed by atoms with Crippen LogP contribution in [-0.2, 0) is 13.6 Å². The lowest BCUT2D eigenvalue weighted by atomic mass is 10.2. The number of anilines is 1. The molecule has 2 N–H and O–H groups in total. The number of hydrogen-bond donors (Lipinski definition) is 2. The zero-order valence-corrected chi connectivity index (χ0v) is 14.5. The van der Waals surface area contributed by atoms with Crippen LogP contribution in [0.1, 0.15) is 41.6 Å². The highest BCUT2D eigenvalue weighted by molar-refractivity contribution is 6.08. The molecule has 0 radical (unpaired) electrons. The highest BCUT2D eigenvalue weighted by Crippen LogP contribution is 2.39. The van der Waals surface area contributed by atoms with Crippen LogP contribution in [0, 0.1) is 6.92 Å². The summed E-state index contributed by atoms with van der Waals surface area (Å²) in [5, 5.41) is 6.95. The Morgan fingerprint density at radius 3 is 2.88 bits per heavy atom. The van der Waals surface area contributed by atoms with E-state index in [0.717, 1.165) is 18.5 Å². The van der Waals surface area contributed by atoms with Crippen LogP contribution in [0.15, 0.2) is 23.2 Å². The molecule has 0 atom stereocenters. The molecule has 0 spiro atoms. The Kier molecular flexibility index (Phi) is 3.48. The maximum Gasteiger partial charge on any atom is 0.255 e. The van der Waals surface area contributed by atoms with E-state index in [2.05, 4.69) is 32.5 Å². The number of hydrogen-bond acceptors (Lipinski definition) is 6. The van der Waals surface area contributed by atoms with Gasteiger partial charge in [0, 0.05) is 18.8 Å². The van der Waals surface area contributed by atoms with Crippen molar-refractivity contribution >= 4 is 22.8 Å². The summed E-state index contributed by atoms with van der Waals surface area (Å²) in [5.74, 6) is 1.04. The topological polar surface area (TPSA) is 97.9 Å². The van der Waals surface area contributed by atoms with E-state index in [0.29, 0.717) is 34.9 Å². The van der Waals surface area contributed by atoms with E-state index < -0.39 is 0 Å². The fraction of sp³-hybridized carbons (Fsp3) is 0.412. The van der Waals surface area contributed by atoms with Crippen LogP contribution < -0.4 is 10.6 Å². The quantitative estimate of drug-likeness (QED) is 0.738. The third-order valence-electron chi connectivity index (χ3n) is 4.56. The van der Waals surface area contributed by atoms with E-state index >= 15 is 0 Å². The molecule has 3 aromatic heterocycles. The lowest BCUT2D eigenvalue weighted by molar-refractivity contribution is 0.0951. The van der Waals surface area contributed by atoms with Gasteiger partial charge in [-0.1, -0.05) is 0 Å². The van der Waals surface area contributed by atoms with Crippen LogP contribution in [0.25, 0.3) is 11.1 Å². The number of carbonyl (C=O) groups is 1. The van der Waals surface area contributed by atoms with Gasteiger partial charge in [0.05, 0.1) is 29.5 Å². The summed E-state index contributed by atoms with van der Waals surface area (Å²) < 4.78 is 7.38. The van der Waals surface area contributed by atoms with Crippen molar-refractivity contribution in [1.82, 2.24) is 24.8 Å². The van der Waals surface area contributed by atoms with Crippen LogP contribution in [-0.4, -0.2) is 31.0 Å². The predicted molar refractivity (Wildman–Crippen MR) is 92.2 cm³/mol. The van der Waals surface area contributed by atoms with E-state index in [1.807, 2.05) is 18.5 Å². The van der Waals surface area contributed by atoms with Gasteiger partial charge in [-0.3, -0.25) is 4.79 Å². The number of aryl methyl sites for hydroxylation is 2. The van der Waals surface area contributed by atoms with Gasteiger partial charge in [-0.2, -0.15) is 4.98 Å². The molecule has 0 saturated heterocycles. The molecule has 1 fully saturated rings. The van der Waals surface area contributed by atoms with Gasteiger partial charge in [0.2, 0.25) is 5.71 Å². The molecule has 8 nitrogen and oxygen atoms in total. The molecule has 0 aromatic carbocycles. The minimum absolute atomic E-state index is 0.0352. The first kappa shape index (κ1) is 15.6. The average molecular weight is 340 g/mol. The molecular formula is C17H20N6O2. The molecule has 3 aromatic rings. The zero-order valence-electron chi connectivity index (χ0n) is 14.5. The van der Waals surface area contributed by atoms with Gasteiger partial charge in [0.15, 0.2) is 0 Å². The van der Waals surface area contributed by atoms with Crippen molar-refractivity contribution in [3.8, 4) is 0 Å². The number of nitrogens with zero attached hydrogens (tertiary/aromatic N) is 4. The molecule has 1 amide bonds. The molecular weight excluding hydrogens is 320 g/mol. The maximum atomic E-state index is 12.7. The number of nitrogens with one attached hydrogen (secondary N) is 2.